The van der Waals surface area contributed by atoms with Crippen LogP contribution in [0.15, 0.2) is 43.0 Å². The van der Waals surface area contributed by atoms with Gasteiger partial charge >= 0.3 is 0 Å². The van der Waals surface area contributed by atoms with Crippen molar-refractivity contribution in [3.05, 3.63) is 48.7 Å². The lowest BCUT2D eigenvalue weighted by atomic mass is 9.94. The highest BCUT2D eigenvalue weighted by atomic mass is 16.5. The van der Waals surface area contributed by atoms with Crippen LogP contribution in [0.5, 0.6) is 0 Å². The van der Waals surface area contributed by atoms with Crippen LogP contribution in [0.2, 0.25) is 0 Å². The highest BCUT2D eigenvalue weighted by Gasteiger charge is 2.43. The molecule has 4 heterocycles. The van der Waals surface area contributed by atoms with Crippen LogP contribution < -0.4 is 5.32 Å². The number of nitrogens with zero attached hydrogens (tertiary/aromatic N) is 4. The van der Waals surface area contributed by atoms with Gasteiger partial charge in [-0.1, -0.05) is 6.07 Å². The van der Waals surface area contributed by atoms with Gasteiger partial charge in [0, 0.05) is 50.7 Å². The van der Waals surface area contributed by atoms with E-state index in [-0.39, 0.29) is 5.60 Å². The summed E-state index contributed by atoms with van der Waals surface area (Å²) in [6.45, 7) is 5.59. The van der Waals surface area contributed by atoms with E-state index in [2.05, 4.69) is 31.2 Å². The molecular weight excluding hydrogens is 330 g/mol. The zero-order valence-electron chi connectivity index (χ0n) is 14.9. The summed E-state index contributed by atoms with van der Waals surface area (Å²) < 4.78 is 12.1. The van der Waals surface area contributed by atoms with Gasteiger partial charge in [0.2, 0.25) is 0 Å². The first-order valence-corrected chi connectivity index (χ1v) is 9.15. The van der Waals surface area contributed by atoms with Gasteiger partial charge in [0.1, 0.15) is 11.4 Å². The number of anilines is 1. The average Bonchev–Trinajstić information content (AvgIpc) is 2.97. The average molecular weight is 355 g/mol. The predicted octanol–water partition coefficient (Wildman–Crippen LogP) is 1.59. The van der Waals surface area contributed by atoms with Gasteiger partial charge in [-0.2, -0.15) is 0 Å². The smallest absolute Gasteiger partial charge is 0.144 e. The molecule has 2 aromatic rings. The lowest BCUT2D eigenvalue weighted by Gasteiger charge is -2.31. The molecule has 1 spiro atoms. The molecule has 26 heavy (non-hydrogen) atoms. The predicted molar refractivity (Wildman–Crippen MR) is 97.6 cm³/mol. The van der Waals surface area contributed by atoms with Crippen molar-refractivity contribution in [2.24, 2.45) is 5.92 Å². The molecule has 2 atom stereocenters. The number of hydrogen-bond acceptors (Lipinski definition) is 7. The molecule has 2 aromatic heterocycles. The maximum absolute atomic E-state index is 6.27. The molecule has 7 nitrogen and oxygen atoms in total. The lowest BCUT2D eigenvalue weighted by Crippen LogP contribution is -2.44. The quantitative estimate of drug-likeness (QED) is 0.873. The van der Waals surface area contributed by atoms with Crippen LogP contribution >= 0.6 is 0 Å². The highest BCUT2D eigenvalue weighted by molar-refractivity contribution is 5.29. The van der Waals surface area contributed by atoms with Crippen molar-refractivity contribution in [3.63, 3.8) is 0 Å². The Balaban J connectivity index is 1.34. The number of ether oxygens (including phenoxy) is 2. The van der Waals surface area contributed by atoms with E-state index in [1.54, 1.807) is 18.6 Å². The Bertz CT molecular complexity index is 687. The Morgan fingerprint density at radius 1 is 1.23 bits per heavy atom. The zero-order valence-corrected chi connectivity index (χ0v) is 14.9. The van der Waals surface area contributed by atoms with Crippen molar-refractivity contribution < 1.29 is 9.47 Å². The van der Waals surface area contributed by atoms with E-state index in [0.717, 1.165) is 57.3 Å². The summed E-state index contributed by atoms with van der Waals surface area (Å²) in [5, 5.41) is 3.36. The molecular formula is C19H25N5O2. The Kier molecular flexibility index (Phi) is 5.38. The van der Waals surface area contributed by atoms with Gasteiger partial charge in [-0.15, -0.1) is 0 Å². The zero-order chi connectivity index (χ0) is 17.7. The third kappa shape index (κ3) is 4.35. The minimum atomic E-state index is -0.222. The third-order valence-electron chi connectivity index (χ3n) is 4.96. The maximum Gasteiger partial charge on any atom is 0.144 e. The van der Waals surface area contributed by atoms with Gasteiger partial charge in [-0.05, 0) is 18.6 Å². The van der Waals surface area contributed by atoms with Crippen molar-refractivity contribution in [2.75, 3.05) is 44.8 Å². The van der Waals surface area contributed by atoms with Crippen LogP contribution in [-0.4, -0.2) is 64.9 Å². The normalized spacial score (nSPS) is 26.7. The topological polar surface area (TPSA) is 72.4 Å². The van der Waals surface area contributed by atoms with Crippen LogP contribution in [0, 0.1) is 5.92 Å². The second-order valence-corrected chi connectivity index (χ2v) is 7.12. The first-order valence-electron chi connectivity index (χ1n) is 9.15. The molecule has 0 radical (unpaired) electrons. The Morgan fingerprint density at radius 2 is 2.23 bits per heavy atom. The minimum absolute atomic E-state index is 0.222. The maximum atomic E-state index is 6.27. The number of aromatic nitrogens is 3. The number of nitrogens with one attached hydrogen (secondary N) is 1. The summed E-state index contributed by atoms with van der Waals surface area (Å²) in [6, 6.07) is 6.06. The van der Waals surface area contributed by atoms with Gasteiger partial charge in [0.05, 0.1) is 31.7 Å². The summed E-state index contributed by atoms with van der Waals surface area (Å²) in [5.41, 5.74) is 0.864. The van der Waals surface area contributed by atoms with Crippen molar-refractivity contribution in [1.82, 2.24) is 19.9 Å². The van der Waals surface area contributed by atoms with E-state index < -0.39 is 0 Å². The molecule has 0 amide bonds. The minimum Gasteiger partial charge on any atom is -0.377 e. The largest absolute Gasteiger partial charge is 0.377 e. The second kappa shape index (κ2) is 8.07. The van der Waals surface area contributed by atoms with E-state index in [9.17, 15) is 0 Å². The van der Waals surface area contributed by atoms with Crippen molar-refractivity contribution in [1.29, 1.82) is 0 Å². The summed E-state index contributed by atoms with van der Waals surface area (Å²) in [4.78, 5) is 15.2. The number of hydrogen-bond donors (Lipinski definition) is 1. The summed E-state index contributed by atoms with van der Waals surface area (Å²) in [5.74, 6) is 1.25. The molecule has 2 aliphatic rings. The summed E-state index contributed by atoms with van der Waals surface area (Å²) in [6.07, 6.45) is 7.95. The van der Waals surface area contributed by atoms with E-state index >= 15 is 0 Å². The first-order chi connectivity index (χ1) is 12.8. The summed E-state index contributed by atoms with van der Waals surface area (Å²) in [7, 11) is 0. The van der Waals surface area contributed by atoms with E-state index in [4.69, 9.17) is 9.47 Å². The molecule has 0 unspecified atom stereocenters. The Labute approximate surface area is 153 Å². The molecule has 2 fully saturated rings. The van der Waals surface area contributed by atoms with Crippen molar-refractivity contribution in [3.8, 4) is 0 Å². The van der Waals surface area contributed by atoms with E-state index in [0.29, 0.717) is 12.5 Å². The molecule has 0 aromatic carbocycles. The highest BCUT2D eigenvalue weighted by Crippen LogP contribution is 2.33. The standard InChI is InChI=1S/C19H25N5O2/c1-2-4-21-17(3-1)12-24-7-8-25-15-19(14-24)9-16(13-26-19)10-23-18-11-20-5-6-22-18/h1-6,11,16H,7-10,12-15H2,(H,22,23)/t16-,19-/m1/s1. The van der Waals surface area contributed by atoms with Crippen LogP contribution in [0.3, 0.4) is 0 Å². The molecule has 7 heteroatoms. The fourth-order valence-corrected chi connectivity index (χ4v) is 3.76. The molecule has 4 rings (SSSR count). The third-order valence-corrected chi connectivity index (χ3v) is 4.96. The molecule has 2 aliphatic heterocycles. The molecule has 138 valence electrons. The van der Waals surface area contributed by atoms with Gasteiger partial charge in [-0.25, -0.2) is 4.98 Å². The fraction of sp³-hybridized carbons (Fsp3) is 0.526. The van der Waals surface area contributed by atoms with Crippen LogP contribution in [0.1, 0.15) is 12.1 Å². The van der Waals surface area contributed by atoms with Crippen LogP contribution in [0.25, 0.3) is 0 Å². The monoisotopic (exact) mass is 355 g/mol. The Morgan fingerprint density at radius 3 is 3.08 bits per heavy atom. The SMILES string of the molecule is c1ccc(CN2CCOC[C@@]3(C[C@H](CNc4cnccn4)CO3)C2)nc1. The molecule has 2 saturated heterocycles. The van der Waals surface area contributed by atoms with Gasteiger partial charge in [-0.3, -0.25) is 14.9 Å². The molecule has 1 N–H and O–H groups in total. The van der Waals surface area contributed by atoms with E-state index in [1.165, 1.54) is 0 Å². The van der Waals surface area contributed by atoms with Crippen LogP contribution in [0.4, 0.5) is 5.82 Å². The summed E-state index contributed by atoms with van der Waals surface area (Å²) >= 11 is 0. The van der Waals surface area contributed by atoms with Gasteiger partial charge < -0.3 is 14.8 Å². The van der Waals surface area contributed by atoms with Crippen molar-refractivity contribution >= 4 is 5.82 Å². The van der Waals surface area contributed by atoms with E-state index in [1.807, 2.05) is 18.3 Å². The van der Waals surface area contributed by atoms with Gasteiger partial charge in [0.15, 0.2) is 0 Å². The first kappa shape index (κ1) is 17.3. The number of pyridine rings is 1. The number of rotatable bonds is 5. The Hall–Kier alpha value is -2.09. The molecule has 0 saturated carbocycles. The fourth-order valence-electron chi connectivity index (χ4n) is 3.76. The molecule has 0 aliphatic carbocycles. The van der Waals surface area contributed by atoms with Crippen LogP contribution in [-0.2, 0) is 16.0 Å². The van der Waals surface area contributed by atoms with Crippen molar-refractivity contribution in [2.45, 2.75) is 18.6 Å². The lowest BCUT2D eigenvalue weighted by molar-refractivity contribution is -0.0563. The van der Waals surface area contributed by atoms with Gasteiger partial charge in [0.25, 0.3) is 0 Å². The molecule has 0 bridgehead atoms. The second-order valence-electron chi connectivity index (χ2n) is 7.12.